The first-order valence-corrected chi connectivity index (χ1v) is 12.3. The fourth-order valence-corrected chi connectivity index (χ4v) is 4.42. The number of halogens is 2. The number of anilines is 3. The molecule has 4 rings (SSSR count). The van der Waals surface area contributed by atoms with Crippen LogP contribution in [0.5, 0.6) is 0 Å². The van der Waals surface area contributed by atoms with Crippen molar-refractivity contribution < 1.29 is 4.39 Å². The second-order valence-electron chi connectivity index (χ2n) is 8.43. The molecule has 1 saturated carbocycles. The zero-order valence-electron chi connectivity index (χ0n) is 18.6. The van der Waals surface area contributed by atoms with Crippen LogP contribution in [-0.4, -0.2) is 19.8 Å². The average Bonchev–Trinajstić information content (AvgIpc) is 3.63. The Morgan fingerprint density at radius 1 is 0.969 bits per heavy atom. The molecule has 1 aliphatic rings. The van der Waals surface area contributed by atoms with Crippen LogP contribution in [0.2, 0.25) is 0 Å². The van der Waals surface area contributed by atoms with Gasteiger partial charge in [-0.1, -0.05) is 59.3 Å². The van der Waals surface area contributed by atoms with Crippen LogP contribution in [0.1, 0.15) is 43.2 Å². The van der Waals surface area contributed by atoms with Gasteiger partial charge in [0.15, 0.2) is 0 Å². The van der Waals surface area contributed by atoms with Gasteiger partial charge in [0.2, 0.25) is 0 Å². The first-order valence-electron chi connectivity index (χ1n) is 11.5. The molecule has 0 spiro atoms. The molecule has 5 heteroatoms. The van der Waals surface area contributed by atoms with E-state index in [0.717, 1.165) is 60.2 Å². The summed E-state index contributed by atoms with van der Waals surface area (Å²) in [6.45, 7) is 4.67. The molecule has 0 heterocycles. The zero-order valence-corrected chi connectivity index (χ0v) is 20.2. The summed E-state index contributed by atoms with van der Waals surface area (Å²) in [4.78, 5) is 2.44. The normalized spacial score (nSPS) is 13.1. The second kappa shape index (κ2) is 10.9. The number of hydrogen-bond acceptors (Lipinski definition) is 3. The Morgan fingerprint density at radius 2 is 1.78 bits per heavy atom. The van der Waals surface area contributed by atoms with Crippen molar-refractivity contribution in [3.8, 4) is 0 Å². The van der Waals surface area contributed by atoms with E-state index in [1.165, 1.54) is 11.3 Å². The Bertz CT molecular complexity index is 1020. The highest BCUT2D eigenvalue weighted by atomic mass is 79.9. The van der Waals surface area contributed by atoms with Crippen molar-refractivity contribution in [2.75, 3.05) is 35.3 Å². The molecule has 0 aromatic heterocycles. The molecule has 0 atom stereocenters. The van der Waals surface area contributed by atoms with Crippen molar-refractivity contribution in [3.63, 3.8) is 0 Å². The van der Waals surface area contributed by atoms with Crippen molar-refractivity contribution >= 4 is 33.0 Å². The van der Waals surface area contributed by atoms with Crippen LogP contribution in [0.15, 0.2) is 71.2 Å². The summed E-state index contributed by atoms with van der Waals surface area (Å²) in [5, 5.41) is 6.81. The molecule has 1 fully saturated rings. The van der Waals surface area contributed by atoms with Gasteiger partial charge < -0.3 is 15.5 Å². The van der Waals surface area contributed by atoms with Crippen molar-refractivity contribution in [1.29, 1.82) is 0 Å². The first-order chi connectivity index (χ1) is 15.6. The minimum atomic E-state index is -0.101. The fraction of sp³-hybridized carbons (Fsp3) is 0.333. The summed E-state index contributed by atoms with van der Waals surface area (Å²) in [6.07, 6.45) is 4.29. The van der Waals surface area contributed by atoms with Gasteiger partial charge in [-0.05, 0) is 73.1 Å². The van der Waals surface area contributed by atoms with Gasteiger partial charge in [-0.2, -0.15) is 0 Å². The van der Waals surface area contributed by atoms with Gasteiger partial charge in [0.1, 0.15) is 5.82 Å². The van der Waals surface area contributed by atoms with Crippen molar-refractivity contribution in [3.05, 3.63) is 88.1 Å². The van der Waals surface area contributed by atoms with Gasteiger partial charge >= 0.3 is 0 Å². The molecule has 3 nitrogen and oxygen atoms in total. The molecule has 3 aromatic carbocycles. The topological polar surface area (TPSA) is 27.3 Å². The maximum atomic E-state index is 14.4. The Labute approximate surface area is 199 Å². The van der Waals surface area contributed by atoms with Crippen molar-refractivity contribution in [1.82, 2.24) is 0 Å². The van der Waals surface area contributed by atoms with Crippen LogP contribution in [-0.2, 0) is 6.42 Å². The molecule has 32 heavy (non-hydrogen) atoms. The van der Waals surface area contributed by atoms with Gasteiger partial charge in [0.25, 0.3) is 0 Å². The Morgan fingerprint density at radius 3 is 2.50 bits per heavy atom. The first kappa shape index (κ1) is 22.7. The molecular weight excluding hydrogens is 465 g/mol. The minimum absolute atomic E-state index is 0.101. The van der Waals surface area contributed by atoms with Crippen molar-refractivity contribution in [2.24, 2.45) is 0 Å². The zero-order chi connectivity index (χ0) is 22.3. The van der Waals surface area contributed by atoms with Crippen LogP contribution < -0.4 is 15.5 Å². The Balaban J connectivity index is 1.42. The van der Waals surface area contributed by atoms with E-state index in [1.54, 1.807) is 6.07 Å². The van der Waals surface area contributed by atoms with E-state index < -0.39 is 0 Å². The maximum absolute atomic E-state index is 14.4. The van der Waals surface area contributed by atoms with Crippen LogP contribution >= 0.6 is 15.9 Å². The Hall–Kier alpha value is -2.53. The highest BCUT2D eigenvalue weighted by molar-refractivity contribution is 9.10. The monoisotopic (exact) mass is 495 g/mol. The molecule has 2 N–H and O–H groups in total. The Kier molecular flexibility index (Phi) is 7.69. The van der Waals surface area contributed by atoms with Gasteiger partial charge in [-0.25, -0.2) is 4.39 Å². The third-order valence-electron chi connectivity index (χ3n) is 5.90. The van der Waals surface area contributed by atoms with Gasteiger partial charge in [-0.3, -0.25) is 0 Å². The number of hydrogen-bond donors (Lipinski definition) is 2. The standard InChI is InChI=1S/C27H31BrFN3/c1-2-15-32(16-14-20-6-4-3-5-7-20)27-13-10-22(28)17-26(27)31-19-30-23-11-12-24(21-8-9-21)25(29)18-23/h3-7,10-13,17-18,21,30-31H,2,8-9,14-16,19H2,1H3. The molecule has 0 unspecified atom stereocenters. The van der Waals surface area contributed by atoms with E-state index in [9.17, 15) is 4.39 Å². The fourth-order valence-electron chi connectivity index (χ4n) is 4.06. The number of nitrogens with one attached hydrogen (secondary N) is 2. The van der Waals surface area contributed by atoms with E-state index >= 15 is 0 Å². The van der Waals surface area contributed by atoms with Crippen LogP contribution in [0, 0.1) is 5.82 Å². The quantitative estimate of drug-likeness (QED) is 0.271. The lowest BCUT2D eigenvalue weighted by atomic mass is 10.1. The summed E-state index contributed by atoms with van der Waals surface area (Å²) < 4.78 is 15.4. The van der Waals surface area contributed by atoms with Crippen LogP contribution in [0.25, 0.3) is 0 Å². The lowest BCUT2D eigenvalue weighted by molar-refractivity contribution is 0.611. The third kappa shape index (κ3) is 6.04. The average molecular weight is 496 g/mol. The third-order valence-corrected chi connectivity index (χ3v) is 6.39. The highest BCUT2D eigenvalue weighted by Crippen LogP contribution is 2.41. The molecule has 168 valence electrons. The SMILES string of the molecule is CCCN(CCc1ccccc1)c1ccc(Br)cc1NCNc1ccc(C2CC2)c(F)c1. The van der Waals surface area contributed by atoms with Crippen LogP contribution in [0.4, 0.5) is 21.5 Å². The second-order valence-corrected chi connectivity index (χ2v) is 9.34. The number of nitrogens with zero attached hydrogens (tertiary/aromatic N) is 1. The highest BCUT2D eigenvalue weighted by Gasteiger charge is 2.26. The smallest absolute Gasteiger partial charge is 0.128 e. The van der Waals surface area contributed by atoms with E-state index in [2.05, 4.69) is 86.9 Å². The van der Waals surface area contributed by atoms with E-state index in [4.69, 9.17) is 0 Å². The van der Waals surface area contributed by atoms with E-state index in [-0.39, 0.29) is 5.82 Å². The summed E-state index contributed by atoms with van der Waals surface area (Å²) in [7, 11) is 0. The van der Waals surface area contributed by atoms with Crippen LogP contribution in [0.3, 0.4) is 0 Å². The van der Waals surface area contributed by atoms with E-state index in [0.29, 0.717) is 12.6 Å². The molecule has 0 aliphatic heterocycles. The maximum Gasteiger partial charge on any atom is 0.128 e. The molecule has 1 aliphatic carbocycles. The summed E-state index contributed by atoms with van der Waals surface area (Å²) in [5.74, 6) is 0.322. The lowest BCUT2D eigenvalue weighted by Crippen LogP contribution is -2.28. The van der Waals surface area contributed by atoms with Gasteiger partial charge in [0, 0.05) is 23.2 Å². The van der Waals surface area contributed by atoms with Gasteiger partial charge in [-0.15, -0.1) is 0 Å². The molecular formula is C27H31BrFN3. The predicted molar refractivity (Wildman–Crippen MR) is 137 cm³/mol. The van der Waals surface area contributed by atoms with Gasteiger partial charge in [0.05, 0.1) is 18.0 Å². The predicted octanol–water partition coefficient (Wildman–Crippen LogP) is 7.41. The molecule has 0 saturated heterocycles. The number of rotatable bonds is 11. The number of benzene rings is 3. The summed E-state index contributed by atoms with van der Waals surface area (Å²) >= 11 is 3.61. The summed E-state index contributed by atoms with van der Waals surface area (Å²) in [5.41, 5.74) is 5.24. The lowest BCUT2D eigenvalue weighted by Gasteiger charge is -2.27. The summed E-state index contributed by atoms with van der Waals surface area (Å²) in [6, 6.07) is 22.5. The molecule has 3 aromatic rings. The minimum Gasteiger partial charge on any atom is -0.370 e. The molecule has 0 amide bonds. The molecule has 0 bridgehead atoms. The van der Waals surface area contributed by atoms with Crippen molar-refractivity contribution in [2.45, 2.75) is 38.5 Å². The largest absolute Gasteiger partial charge is 0.370 e. The van der Waals surface area contributed by atoms with E-state index in [1.807, 2.05) is 12.1 Å². The molecule has 0 radical (unpaired) electrons.